The normalized spacial score (nSPS) is 6.00. The molecule has 0 unspecified atom stereocenters. The maximum atomic E-state index is 4.29. The molecule has 0 saturated carbocycles. The van der Waals surface area contributed by atoms with Gasteiger partial charge in [0.25, 0.3) is 0 Å². The van der Waals surface area contributed by atoms with Crippen LogP contribution >= 0.6 is 0 Å². The zero-order valence-electron chi connectivity index (χ0n) is 2.91. The number of rotatable bonds is 1. The second-order valence-corrected chi connectivity index (χ2v) is 0.408. The van der Waals surface area contributed by atoms with Crippen molar-refractivity contribution in [1.82, 2.24) is 5.48 Å². The topological polar surface area (TPSA) is 21.3 Å². The molecule has 0 amide bonds. The molecule has 2 nitrogen and oxygen atoms in total. The summed E-state index contributed by atoms with van der Waals surface area (Å²) in [5.74, 6) is 0. The Morgan fingerprint density at radius 3 is 1.80 bits per heavy atom. The molecule has 0 spiro atoms. The predicted octanol–water partition coefficient (Wildman–Crippen LogP) is -0.881. The molecule has 0 rings (SSSR count). The molecule has 0 saturated heterocycles. The van der Waals surface area contributed by atoms with Crippen LogP contribution in [-0.2, 0) is 4.84 Å². The summed E-state index contributed by atoms with van der Waals surface area (Å²) in [4.78, 5) is 4.29. The van der Waals surface area contributed by atoms with Crippen molar-refractivity contribution in [3.63, 3.8) is 0 Å². The fourth-order valence-corrected chi connectivity index (χ4v) is 0. The Balaban J connectivity index is 0. The Hall–Kier alpha value is 0.517. The van der Waals surface area contributed by atoms with Gasteiger partial charge in [-0.15, -0.1) is 0 Å². The first kappa shape index (κ1) is 9.10. The monoisotopic (exact) mass is 69.1 g/mol. The first-order valence-corrected chi connectivity index (χ1v) is 1.11. The fourth-order valence-electron chi connectivity index (χ4n) is 0. The SMILES string of the molecule is CNOC.[LiH]. The van der Waals surface area contributed by atoms with Crippen LogP contribution in [0.1, 0.15) is 0 Å². The van der Waals surface area contributed by atoms with Crippen LogP contribution < -0.4 is 5.48 Å². The Bertz CT molecular complexity index is 11.6. The van der Waals surface area contributed by atoms with E-state index in [1.165, 1.54) is 0 Å². The summed E-state index contributed by atoms with van der Waals surface area (Å²) in [6.07, 6.45) is 0. The van der Waals surface area contributed by atoms with Gasteiger partial charge >= 0.3 is 18.9 Å². The predicted molar refractivity (Wildman–Crippen MR) is 23.2 cm³/mol. The van der Waals surface area contributed by atoms with Crippen LogP contribution in [0.15, 0.2) is 0 Å². The van der Waals surface area contributed by atoms with E-state index in [4.69, 9.17) is 0 Å². The molecule has 0 bridgehead atoms. The molecule has 0 fully saturated rings. The van der Waals surface area contributed by atoms with Gasteiger partial charge in [0.15, 0.2) is 0 Å². The Kier molecular flexibility index (Phi) is 16.1. The van der Waals surface area contributed by atoms with E-state index in [1.807, 2.05) is 0 Å². The Labute approximate surface area is 44.0 Å². The van der Waals surface area contributed by atoms with Gasteiger partial charge in [0.05, 0.1) is 7.11 Å². The van der Waals surface area contributed by atoms with Gasteiger partial charge in [-0.3, -0.25) is 0 Å². The van der Waals surface area contributed by atoms with Crippen molar-refractivity contribution in [2.45, 2.75) is 0 Å². The van der Waals surface area contributed by atoms with Crippen LogP contribution in [0.4, 0.5) is 0 Å². The molecule has 28 valence electrons. The quantitative estimate of drug-likeness (QED) is 0.319. The van der Waals surface area contributed by atoms with Crippen LogP contribution in [0, 0.1) is 0 Å². The minimum absolute atomic E-state index is 0. The molecular formula is C2H8LiNO. The number of nitrogens with one attached hydrogen (secondary N) is 1. The Morgan fingerprint density at radius 2 is 1.80 bits per heavy atom. The average Bonchev–Trinajstić information content (AvgIpc) is 1.37. The second-order valence-electron chi connectivity index (χ2n) is 0.408. The van der Waals surface area contributed by atoms with Crippen LogP contribution in [-0.4, -0.2) is 33.0 Å². The third-order valence-corrected chi connectivity index (χ3v) is 0.204. The first-order valence-electron chi connectivity index (χ1n) is 1.11. The molecule has 1 N–H and O–H groups in total. The van der Waals surface area contributed by atoms with Gasteiger partial charge < -0.3 is 4.84 Å². The third kappa shape index (κ3) is 12.4. The van der Waals surface area contributed by atoms with Gasteiger partial charge in [0, 0.05) is 7.05 Å². The molecule has 5 heavy (non-hydrogen) atoms. The van der Waals surface area contributed by atoms with E-state index >= 15 is 0 Å². The van der Waals surface area contributed by atoms with Crippen molar-refractivity contribution in [2.24, 2.45) is 0 Å². The van der Waals surface area contributed by atoms with Gasteiger partial charge in [0.1, 0.15) is 0 Å². The van der Waals surface area contributed by atoms with E-state index in [1.54, 1.807) is 14.2 Å². The first-order chi connectivity index (χ1) is 1.91. The zero-order chi connectivity index (χ0) is 3.41. The standard InChI is InChI=1S/C2H7NO.Li.H/c1-3-4-2;;/h3H,1-2H3;;. The molecule has 0 aromatic heterocycles. The van der Waals surface area contributed by atoms with E-state index < -0.39 is 0 Å². The Morgan fingerprint density at radius 1 is 1.60 bits per heavy atom. The molecule has 3 heteroatoms. The molecule has 0 aromatic rings. The van der Waals surface area contributed by atoms with E-state index in [0.717, 1.165) is 0 Å². The molecule has 0 radical (unpaired) electrons. The van der Waals surface area contributed by atoms with Crippen LogP contribution in [0.5, 0.6) is 0 Å². The molecule has 0 aliphatic carbocycles. The van der Waals surface area contributed by atoms with Crippen molar-refractivity contribution in [2.75, 3.05) is 14.2 Å². The van der Waals surface area contributed by atoms with Crippen molar-refractivity contribution in [3.05, 3.63) is 0 Å². The van der Waals surface area contributed by atoms with Gasteiger partial charge in [-0.1, -0.05) is 0 Å². The summed E-state index contributed by atoms with van der Waals surface area (Å²) >= 11 is 0. The molecule has 0 atom stereocenters. The van der Waals surface area contributed by atoms with E-state index in [9.17, 15) is 0 Å². The average molecular weight is 69.0 g/mol. The van der Waals surface area contributed by atoms with E-state index in [0.29, 0.717) is 0 Å². The maximum absolute atomic E-state index is 4.29. The minimum atomic E-state index is 0. The zero-order valence-corrected chi connectivity index (χ0v) is 2.91. The summed E-state index contributed by atoms with van der Waals surface area (Å²) in [5.41, 5.74) is 2.43. The molecule has 0 aliphatic rings. The third-order valence-electron chi connectivity index (χ3n) is 0.204. The van der Waals surface area contributed by atoms with E-state index in [2.05, 4.69) is 10.3 Å². The van der Waals surface area contributed by atoms with Crippen LogP contribution in [0.25, 0.3) is 0 Å². The summed E-state index contributed by atoms with van der Waals surface area (Å²) < 4.78 is 0. The number of hydrogen-bond donors (Lipinski definition) is 1. The summed E-state index contributed by atoms with van der Waals surface area (Å²) in [6.45, 7) is 0. The fraction of sp³-hybridized carbons (Fsp3) is 1.00. The van der Waals surface area contributed by atoms with Gasteiger partial charge in [-0.25, -0.2) is 5.48 Å². The van der Waals surface area contributed by atoms with Crippen molar-refractivity contribution < 1.29 is 4.84 Å². The number of hydroxylamine groups is 1. The van der Waals surface area contributed by atoms with Crippen LogP contribution in [0.3, 0.4) is 0 Å². The van der Waals surface area contributed by atoms with Gasteiger partial charge in [0.2, 0.25) is 0 Å². The van der Waals surface area contributed by atoms with Crippen molar-refractivity contribution in [1.29, 1.82) is 0 Å². The summed E-state index contributed by atoms with van der Waals surface area (Å²) in [5, 5.41) is 0. The summed E-state index contributed by atoms with van der Waals surface area (Å²) in [6, 6.07) is 0. The molecule has 0 heterocycles. The number of hydrogen-bond acceptors (Lipinski definition) is 2. The molecule has 0 aromatic carbocycles. The van der Waals surface area contributed by atoms with Crippen molar-refractivity contribution >= 4 is 18.9 Å². The van der Waals surface area contributed by atoms with Crippen LogP contribution in [0.2, 0.25) is 0 Å². The second kappa shape index (κ2) is 8.82. The van der Waals surface area contributed by atoms with Gasteiger partial charge in [-0.2, -0.15) is 0 Å². The molecular weight excluding hydrogens is 61.0 g/mol. The van der Waals surface area contributed by atoms with Crippen molar-refractivity contribution in [3.8, 4) is 0 Å². The van der Waals surface area contributed by atoms with E-state index in [-0.39, 0.29) is 18.9 Å². The molecule has 0 aliphatic heterocycles. The summed E-state index contributed by atoms with van der Waals surface area (Å²) in [7, 11) is 3.28. The van der Waals surface area contributed by atoms with Gasteiger partial charge in [-0.05, 0) is 0 Å².